The lowest BCUT2D eigenvalue weighted by Gasteiger charge is -2.05. The minimum atomic E-state index is -0.566. The first-order valence-electron chi connectivity index (χ1n) is 7.48. The van der Waals surface area contributed by atoms with Crippen LogP contribution in [0.15, 0.2) is 65.3 Å². The summed E-state index contributed by atoms with van der Waals surface area (Å²) < 4.78 is 5.17. The van der Waals surface area contributed by atoms with Crippen LogP contribution in [0.4, 0.5) is 5.69 Å². The summed E-state index contributed by atoms with van der Waals surface area (Å²) in [5.74, 6) is -0.478. The molecule has 0 saturated heterocycles. The zero-order chi connectivity index (χ0) is 18.1. The topological polar surface area (TPSA) is 93.8 Å². The number of allylic oxidation sites excluding steroid dienone is 1. The van der Waals surface area contributed by atoms with Gasteiger partial charge in [-0.1, -0.05) is 48.5 Å². The number of nitrogens with one attached hydrogen (secondary N) is 1. The van der Waals surface area contributed by atoms with Crippen molar-refractivity contribution in [3.8, 4) is 5.75 Å². The molecule has 0 unspecified atom stereocenters. The molecule has 0 spiro atoms. The molecule has 0 heterocycles. The zero-order valence-corrected chi connectivity index (χ0v) is 13.6. The van der Waals surface area contributed by atoms with Gasteiger partial charge in [0.1, 0.15) is 0 Å². The summed E-state index contributed by atoms with van der Waals surface area (Å²) in [6.07, 6.45) is 3.43. The maximum Gasteiger partial charge on any atom is 0.310 e. The number of benzene rings is 2. The van der Waals surface area contributed by atoms with Gasteiger partial charge in [-0.2, -0.15) is 5.10 Å². The summed E-state index contributed by atoms with van der Waals surface area (Å²) in [6.45, 7) is 1.48. The van der Waals surface area contributed by atoms with E-state index < -0.39 is 10.8 Å². The molecule has 2 aromatic rings. The number of ether oxygens (including phenoxy) is 1. The van der Waals surface area contributed by atoms with E-state index in [1.165, 1.54) is 24.4 Å². The molecule has 0 saturated carbocycles. The number of para-hydroxylation sites is 2. The lowest BCUT2D eigenvalue weighted by Crippen LogP contribution is -2.24. The van der Waals surface area contributed by atoms with Gasteiger partial charge in [-0.15, -0.1) is 0 Å². The van der Waals surface area contributed by atoms with Gasteiger partial charge in [-0.25, -0.2) is 5.43 Å². The predicted octanol–water partition coefficient (Wildman–Crippen LogP) is 3.18. The first-order chi connectivity index (χ1) is 12.1. The van der Waals surface area contributed by atoms with Crippen LogP contribution in [0.25, 0.3) is 6.08 Å². The van der Waals surface area contributed by atoms with E-state index in [2.05, 4.69) is 10.5 Å². The van der Waals surface area contributed by atoms with Crippen LogP contribution >= 0.6 is 0 Å². The summed E-state index contributed by atoms with van der Waals surface area (Å²) in [4.78, 5) is 22.0. The third kappa shape index (κ3) is 5.91. The van der Waals surface area contributed by atoms with Crippen molar-refractivity contribution in [1.82, 2.24) is 5.43 Å². The van der Waals surface area contributed by atoms with E-state index in [0.29, 0.717) is 0 Å². The number of carbonyl (C=O) groups excluding carboxylic acids is 1. The van der Waals surface area contributed by atoms with E-state index in [9.17, 15) is 14.9 Å². The van der Waals surface area contributed by atoms with Crippen molar-refractivity contribution < 1.29 is 14.5 Å². The van der Waals surface area contributed by atoms with Crippen molar-refractivity contribution >= 4 is 23.9 Å². The molecular formula is C18H17N3O4. The van der Waals surface area contributed by atoms with Crippen LogP contribution < -0.4 is 10.2 Å². The van der Waals surface area contributed by atoms with Crippen LogP contribution in [0, 0.1) is 10.1 Å². The van der Waals surface area contributed by atoms with E-state index in [1.807, 2.05) is 43.3 Å². The largest absolute Gasteiger partial charge is 0.477 e. The van der Waals surface area contributed by atoms with Gasteiger partial charge in [0.25, 0.3) is 5.91 Å². The first kappa shape index (κ1) is 17.9. The standard InChI is InChI=1S/C18H17N3O4/c1-14(11-15-7-3-2-4-8-15)12-19-20-18(22)13-25-17-10-6-5-9-16(17)21(23)24/h2-12H,13H2,1H3,(H,20,22). The molecule has 0 aliphatic heterocycles. The molecule has 7 heteroatoms. The highest BCUT2D eigenvalue weighted by Crippen LogP contribution is 2.25. The molecule has 128 valence electrons. The fourth-order valence-electron chi connectivity index (χ4n) is 1.96. The number of nitro benzene ring substituents is 1. The Labute approximate surface area is 144 Å². The summed E-state index contributed by atoms with van der Waals surface area (Å²) in [5, 5.41) is 14.7. The minimum absolute atomic E-state index is 0.0341. The highest BCUT2D eigenvalue weighted by molar-refractivity contribution is 5.86. The fourth-order valence-corrected chi connectivity index (χ4v) is 1.96. The summed E-state index contributed by atoms with van der Waals surface area (Å²) in [7, 11) is 0. The van der Waals surface area contributed by atoms with Gasteiger partial charge >= 0.3 is 5.69 Å². The maximum absolute atomic E-state index is 11.7. The van der Waals surface area contributed by atoms with Crippen molar-refractivity contribution in [2.45, 2.75) is 6.92 Å². The van der Waals surface area contributed by atoms with Crippen LogP contribution in [0.5, 0.6) is 5.75 Å². The van der Waals surface area contributed by atoms with Gasteiger partial charge in [-0.3, -0.25) is 14.9 Å². The third-order valence-electron chi connectivity index (χ3n) is 3.07. The molecule has 0 aromatic heterocycles. The lowest BCUT2D eigenvalue weighted by atomic mass is 10.1. The zero-order valence-electron chi connectivity index (χ0n) is 13.6. The quantitative estimate of drug-likeness (QED) is 0.476. The Kier molecular flexibility index (Phi) is 6.41. The molecule has 0 aliphatic rings. The number of rotatable bonds is 7. The molecule has 2 aromatic carbocycles. The Morgan fingerprint density at radius 3 is 2.60 bits per heavy atom. The van der Waals surface area contributed by atoms with Crippen molar-refractivity contribution in [2.24, 2.45) is 5.10 Å². The van der Waals surface area contributed by atoms with Gasteiger partial charge in [-0.05, 0) is 24.1 Å². The van der Waals surface area contributed by atoms with Crippen LogP contribution in [0.1, 0.15) is 12.5 Å². The summed E-state index contributed by atoms with van der Waals surface area (Å²) in [6, 6.07) is 15.6. The van der Waals surface area contributed by atoms with Gasteiger partial charge < -0.3 is 4.74 Å². The van der Waals surface area contributed by atoms with Gasteiger partial charge in [0.2, 0.25) is 0 Å². The van der Waals surface area contributed by atoms with E-state index in [0.717, 1.165) is 11.1 Å². The second-order valence-corrected chi connectivity index (χ2v) is 5.11. The first-order valence-corrected chi connectivity index (χ1v) is 7.48. The van der Waals surface area contributed by atoms with Gasteiger partial charge in [0.05, 0.1) is 11.1 Å². The van der Waals surface area contributed by atoms with Crippen molar-refractivity contribution in [1.29, 1.82) is 0 Å². The second kappa shape index (κ2) is 8.97. The van der Waals surface area contributed by atoms with Crippen LogP contribution in [0.2, 0.25) is 0 Å². The number of nitro groups is 1. The molecular weight excluding hydrogens is 322 g/mol. The molecule has 1 amide bonds. The number of nitrogens with zero attached hydrogens (tertiary/aromatic N) is 2. The minimum Gasteiger partial charge on any atom is -0.477 e. The fraction of sp³-hybridized carbons (Fsp3) is 0.111. The van der Waals surface area contributed by atoms with Crippen LogP contribution in [-0.2, 0) is 4.79 Å². The third-order valence-corrected chi connectivity index (χ3v) is 3.07. The predicted molar refractivity (Wildman–Crippen MR) is 95.3 cm³/mol. The number of carbonyl (C=O) groups is 1. The smallest absolute Gasteiger partial charge is 0.310 e. The van der Waals surface area contributed by atoms with Crippen molar-refractivity contribution in [2.75, 3.05) is 6.61 Å². The molecule has 25 heavy (non-hydrogen) atoms. The van der Waals surface area contributed by atoms with Gasteiger partial charge in [0.15, 0.2) is 12.4 Å². The average molecular weight is 339 g/mol. The normalized spacial score (nSPS) is 11.3. The molecule has 0 aliphatic carbocycles. The van der Waals surface area contributed by atoms with E-state index >= 15 is 0 Å². The second-order valence-electron chi connectivity index (χ2n) is 5.11. The molecule has 0 fully saturated rings. The highest BCUT2D eigenvalue weighted by atomic mass is 16.6. The van der Waals surface area contributed by atoms with Crippen LogP contribution in [0.3, 0.4) is 0 Å². The number of hydrazone groups is 1. The maximum atomic E-state index is 11.7. The Morgan fingerprint density at radius 2 is 1.88 bits per heavy atom. The average Bonchev–Trinajstić information content (AvgIpc) is 2.61. The number of hydrogen-bond donors (Lipinski definition) is 1. The van der Waals surface area contributed by atoms with E-state index in [-0.39, 0.29) is 18.0 Å². The summed E-state index contributed by atoms with van der Waals surface area (Å²) >= 11 is 0. The van der Waals surface area contributed by atoms with Gasteiger partial charge in [0, 0.05) is 6.07 Å². The Balaban J connectivity index is 1.85. The number of amides is 1. The number of hydrogen-bond acceptors (Lipinski definition) is 5. The SMILES string of the molecule is CC(C=NNC(=O)COc1ccccc1[N+](=O)[O-])=Cc1ccccc1. The molecule has 1 N–H and O–H groups in total. The highest BCUT2D eigenvalue weighted by Gasteiger charge is 2.14. The van der Waals surface area contributed by atoms with Crippen LogP contribution in [-0.4, -0.2) is 23.7 Å². The summed E-state index contributed by atoms with van der Waals surface area (Å²) in [5.41, 5.74) is 4.00. The monoisotopic (exact) mass is 339 g/mol. The van der Waals surface area contributed by atoms with E-state index in [4.69, 9.17) is 4.74 Å². The molecule has 7 nitrogen and oxygen atoms in total. The molecule has 0 bridgehead atoms. The van der Waals surface area contributed by atoms with E-state index in [1.54, 1.807) is 6.07 Å². The Bertz CT molecular complexity index is 801. The molecule has 2 rings (SSSR count). The Hall–Kier alpha value is -3.48. The molecule has 0 radical (unpaired) electrons. The molecule has 0 atom stereocenters. The van der Waals surface area contributed by atoms with Crippen molar-refractivity contribution in [3.05, 3.63) is 75.8 Å². The lowest BCUT2D eigenvalue weighted by molar-refractivity contribution is -0.385. The van der Waals surface area contributed by atoms with Crippen molar-refractivity contribution in [3.63, 3.8) is 0 Å². The Morgan fingerprint density at radius 1 is 1.20 bits per heavy atom.